The number of hydrogen-bond acceptors (Lipinski definition) is 4. The lowest BCUT2D eigenvalue weighted by Gasteiger charge is -2.05. The quantitative estimate of drug-likeness (QED) is 0.589. The molecule has 2 aromatic carbocycles. The number of nitrogens with zero attached hydrogens (tertiary/aromatic N) is 2. The Labute approximate surface area is 138 Å². The number of ether oxygens (including phenoxy) is 1. The number of H-pyrrole nitrogens is 1. The maximum atomic E-state index is 11.9. The third-order valence-electron chi connectivity index (χ3n) is 3.45. The van der Waals surface area contributed by atoms with Crippen LogP contribution in [0.3, 0.4) is 0 Å². The fraction of sp³-hybridized carbons (Fsp3) is 0.118. The minimum atomic E-state index is -0.405. The number of carbonyl (C=O) groups excluding carboxylic acids is 1. The van der Waals surface area contributed by atoms with E-state index in [1.807, 2.05) is 42.5 Å². The maximum absolute atomic E-state index is 11.9. The van der Waals surface area contributed by atoms with Crippen molar-refractivity contribution in [3.63, 3.8) is 0 Å². The van der Waals surface area contributed by atoms with Crippen LogP contribution in [0.15, 0.2) is 54.6 Å². The summed E-state index contributed by atoms with van der Waals surface area (Å²) in [5.41, 5.74) is 2.22. The number of benzene rings is 2. The second-order valence-corrected chi connectivity index (χ2v) is 5.33. The zero-order chi connectivity index (χ0) is 16.2. The van der Waals surface area contributed by atoms with Crippen LogP contribution in [0.25, 0.3) is 11.4 Å². The van der Waals surface area contributed by atoms with E-state index < -0.39 is 5.97 Å². The lowest BCUT2D eigenvalue weighted by Crippen LogP contribution is -2.05. The molecule has 0 fully saturated rings. The van der Waals surface area contributed by atoms with E-state index in [1.54, 1.807) is 16.8 Å². The monoisotopic (exact) mass is 325 g/mol. The SMILES string of the molecule is COC(=O)c1ccccc1-c1nc(=S)n(Cc2ccccc2)[nH]1. The topological polar surface area (TPSA) is 59.9 Å². The van der Waals surface area contributed by atoms with Crippen molar-refractivity contribution in [3.05, 3.63) is 70.5 Å². The van der Waals surface area contributed by atoms with Crippen molar-refractivity contribution >= 4 is 18.2 Å². The average molecular weight is 325 g/mol. The van der Waals surface area contributed by atoms with Gasteiger partial charge in [0.2, 0.25) is 4.77 Å². The van der Waals surface area contributed by atoms with Gasteiger partial charge in [0.1, 0.15) is 0 Å². The molecule has 1 aromatic heterocycles. The van der Waals surface area contributed by atoms with Gasteiger partial charge in [-0.2, -0.15) is 4.98 Å². The summed E-state index contributed by atoms with van der Waals surface area (Å²) in [6.45, 7) is 0.590. The molecule has 0 aliphatic rings. The largest absolute Gasteiger partial charge is 0.465 e. The summed E-state index contributed by atoms with van der Waals surface area (Å²) in [7, 11) is 1.36. The highest BCUT2D eigenvalue weighted by Crippen LogP contribution is 2.21. The molecule has 0 spiro atoms. The summed E-state index contributed by atoms with van der Waals surface area (Å²) in [6.07, 6.45) is 0. The molecule has 0 radical (unpaired) electrons. The van der Waals surface area contributed by atoms with E-state index in [4.69, 9.17) is 17.0 Å². The van der Waals surface area contributed by atoms with Crippen LogP contribution in [0.1, 0.15) is 15.9 Å². The highest BCUT2D eigenvalue weighted by Gasteiger charge is 2.15. The lowest BCUT2D eigenvalue weighted by molar-refractivity contribution is 0.0601. The molecule has 3 rings (SSSR count). The highest BCUT2D eigenvalue weighted by atomic mass is 32.1. The van der Waals surface area contributed by atoms with Gasteiger partial charge in [-0.25, -0.2) is 4.79 Å². The first kappa shape index (κ1) is 15.2. The standard InChI is InChI=1S/C17H15N3O2S/c1-22-16(21)14-10-6-5-9-13(14)15-18-17(23)20(19-15)11-12-7-3-2-4-8-12/h2-10H,11H2,1H3,(H,18,19,23). The van der Waals surface area contributed by atoms with E-state index in [0.717, 1.165) is 5.56 Å². The van der Waals surface area contributed by atoms with Gasteiger partial charge in [0.25, 0.3) is 0 Å². The zero-order valence-corrected chi connectivity index (χ0v) is 13.3. The van der Waals surface area contributed by atoms with Crippen molar-refractivity contribution in [2.24, 2.45) is 0 Å². The first-order valence-corrected chi connectivity index (χ1v) is 7.48. The Morgan fingerprint density at radius 2 is 1.87 bits per heavy atom. The van der Waals surface area contributed by atoms with Crippen LogP contribution in [0.5, 0.6) is 0 Å². The fourth-order valence-electron chi connectivity index (χ4n) is 2.33. The number of esters is 1. The van der Waals surface area contributed by atoms with Gasteiger partial charge in [-0.1, -0.05) is 48.5 Å². The number of hydrogen-bond donors (Lipinski definition) is 1. The molecule has 0 atom stereocenters. The van der Waals surface area contributed by atoms with Crippen LogP contribution in [-0.2, 0) is 11.3 Å². The number of rotatable bonds is 4. The van der Waals surface area contributed by atoms with Crippen LogP contribution in [0.2, 0.25) is 0 Å². The average Bonchev–Trinajstić information content (AvgIpc) is 2.95. The van der Waals surface area contributed by atoms with Crippen molar-refractivity contribution in [2.75, 3.05) is 7.11 Å². The van der Waals surface area contributed by atoms with Gasteiger partial charge >= 0.3 is 5.97 Å². The molecular weight excluding hydrogens is 310 g/mol. The van der Waals surface area contributed by atoms with Gasteiger partial charge in [0.05, 0.1) is 19.2 Å². The van der Waals surface area contributed by atoms with E-state index in [-0.39, 0.29) is 0 Å². The first-order valence-electron chi connectivity index (χ1n) is 7.07. The maximum Gasteiger partial charge on any atom is 0.338 e. The molecule has 3 aromatic rings. The van der Waals surface area contributed by atoms with Crippen molar-refractivity contribution < 1.29 is 9.53 Å². The minimum absolute atomic E-state index is 0.405. The molecule has 0 aliphatic carbocycles. The summed E-state index contributed by atoms with van der Waals surface area (Å²) in [4.78, 5) is 16.3. The summed E-state index contributed by atoms with van der Waals surface area (Å²) in [5, 5.41) is 3.16. The molecule has 0 bridgehead atoms. The summed E-state index contributed by atoms with van der Waals surface area (Å²) in [5.74, 6) is 0.143. The molecule has 1 N–H and O–H groups in total. The predicted molar refractivity (Wildman–Crippen MR) is 89.7 cm³/mol. The third-order valence-corrected chi connectivity index (χ3v) is 3.76. The molecule has 5 nitrogen and oxygen atoms in total. The number of carbonyl (C=O) groups is 1. The first-order chi connectivity index (χ1) is 11.2. The minimum Gasteiger partial charge on any atom is -0.465 e. The number of nitrogens with one attached hydrogen (secondary N) is 1. The fourth-order valence-corrected chi connectivity index (χ4v) is 2.53. The van der Waals surface area contributed by atoms with Crippen LogP contribution < -0.4 is 0 Å². The Balaban J connectivity index is 1.99. The van der Waals surface area contributed by atoms with Crippen LogP contribution >= 0.6 is 12.2 Å². The molecule has 0 unspecified atom stereocenters. The van der Waals surface area contributed by atoms with Crippen molar-refractivity contribution in [1.82, 2.24) is 14.8 Å². The molecule has 0 aliphatic heterocycles. The lowest BCUT2D eigenvalue weighted by atomic mass is 10.1. The summed E-state index contributed by atoms with van der Waals surface area (Å²) < 4.78 is 7.02. The third kappa shape index (κ3) is 3.22. The molecule has 6 heteroatoms. The van der Waals surface area contributed by atoms with Crippen LogP contribution in [0.4, 0.5) is 0 Å². The van der Waals surface area contributed by atoms with Gasteiger partial charge in [0, 0.05) is 5.56 Å². The zero-order valence-electron chi connectivity index (χ0n) is 12.5. The molecule has 23 heavy (non-hydrogen) atoms. The van der Waals surface area contributed by atoms with Crippen LogP contribution in [0, 0.1) is 4.77 Å². The second-order valence-electron chi connectivity index (χ2n) is 4.96. The number of aromatic amines is 1. The number of methoxy groups -OCH3 is 1. The Bertz CT molecular complexity index is 884. The highest BCUT2D eigenvalue weighted by molar-refractivity contribution is 7.71. The van der Waals surface area contributed by atoms with Crippen LogP contribution in [-0.4, -0.2) is 27.8 Å². The normalized spacial score (nSPS) is 10.5. The molecule has 0 saturated carbocycles. The van der Waals surface area contributed by atoms with Gasteiger partial charge in [-0.15, -0.1) is 0 Å². The number of aromatic nitrogens is 3. The molecule has 0 saturated heterocycles. The van der Waals surface area contributed by atoms with Crippen molar-refractivity contribution in [1.29, 1.82) is 0 Å². The van der Waals surface area contributed by atoms with Crippen molar-refractivity contribution in [3.8, 4) is 11.4 Å². The summed E-state index contributed by atoms with van der Waals surface area (Å²) in [6, 6.07) is 17.1. The van der Waals surface area contributed by atoms with E-state index in [2.05, 4.69) is 10.1 Å². The van der Waals surface area contributed by atoms with Crippen molar-refractivity contribution in [2.45, 2.75) is 6.54 Å². The van der Waals surface area contributed by atoms with E-state index >= 15 is 0 Å². The Kier molecular flexibility index (Phi) is 4.34. The Hall–Kier alpha value is -2.73. The van der Waals surface area contributed by atoms with Gasteiger partial charge in [-0.3, -0.25) is 9.78 Å². The van der Waals surface area contributed by atoms with E-state index in [9.17, 15) is 4.79 Å². The van der Waals surface area contributed by atoms with Gasteiger partial charge in [0.15, 0.2) is 5.82 Å². The smallest absolute Gasteiger partial charge is 0.338 e. The molecule has 116 valence electrons. The van der Waals surface area contributed by atoms with Gasteiger partial charge < -0.3 is 4.74 Å². The van der Waals surface area contributed by atoms with E-state index in [1.165, 1.54) is 7.11 Å². The molecule has 1 heterocycles. The predicted octanol–water partition coefficient (Wildman–Crippen LogP) is 3.44. The summed E-state index contributed by atoms with van der Waals surface area (Å²) >= 11 is 5.31. The molecular formula is C17H15N3O2S. The van der Waals surface area contributed by atoms with Gasteiger partial charge in [-0.05, 0) is 23.8 Å². The Morgan fingerprint density at radius 3 is 2.61 bits per heavy atom. The molecule has 0 amide bonds. The second kappa shape index (κ2) is 6.58. The van der Waals surface area contributed by atoms with E-state index in [0.29, 0.717) is 28.3 Å². The Morgan fingerprint density at radius 1 is 1.17 bits per heavy atom.